The van der Waals surface area contributed by atoms with Crippen molar-refractivity contribution in [1.82, 2.24) is 20.3 Å². The zero-order valence-electron chi connectivity index (χ0n) is 29.5. The van der Waals surface area contributed by atoms with Crippen LogP contribution < -0.4 is 11.1 Å². The Morgan fingerprint density at radius 1 is 0.868 bits per heavy atom. The van der Waals surface area contributed by atoms with Crippen LogP contribution in [-0.4, -0.2) is 98.0 Å². The summed E-state index contributed by atoms with van der Waals surface area (Å²) in [5, 5.41) is 29.2. The second kappa shape index (κ2) is 25.2. The number of H-pyrrole nitrogens is 2. The number of benzene rings is 1. The lowest BCUT2D eigenvalue weighted by Crippen LogP contribution is -2.32. The van der Waals surface area contributed by atoms with E-state index in [1.54, 1.807) is 18.7 Å². The Bertz CT molecular complexity index is 1670. The zero-order chi connectivity index (χ0) is 38.8. The number of aromatic amines is 2. The van der Waals surface area contributed by atoms with Crippen molar-refractivity contribution in [1.29, 1.82) is 0 Å². The molecule has 1 aliphatic heterocycles. The number of nitrogens with one attached hydrogen (secondary N) is 3. The quantitative estimate of drug-likeness (QED) is 0.0611. The number of ether oxygens (including phenoxy) is 2. The average Bonchev–Trinajstić information content (AvgIpc) is 3.92. The van der Waals surface area contributed by atoms with E-state index in [2.05, 4.69) is 25.3 Å². The molecule has 17 heteroatoms. The van der Waals surface area contributed by atoms with Gasteiger partial charge < -0.3 is 45.8 Å². The molecule has 1 aliphatic rings. The van der Waals surface area contributed by atoms with Crippen LogP contribution in [0.2, 0.25) is 0 Å². The number of carboxylic acid groups (broad SMARTS) is 3. The molecule has 1 unspecified atom stereocenters. The summed E-state index contributed by atoms with van der Waals surface area (Å²) in [4.78, 5) is 78.9. The lowest BCUT2D eigenvalue weighted by atomic mass is 10.1. The number of aromatic nitrogens is 3. The Hall–Kier alpha value is -5.84. The standard InChI is InChI=1S/C15H19N3O3.C11H15NO4.C10H14N2O4/c16-12(15(20)21)5-3-7-17-14(19)8-10-9-18-13-6-2-1-4-11(10)13;13-10(14)2-1-3-11(15)16-7-5-9-4-6-12-8-9;13-9(14)2-1-5-16-10(15)4-3-8-6-11-7-12-8/h1-2,4,6,9,12,18H,3,5,7-8,16H2,(H,17,19)(H,20,21);6,8H,1-5,7H2,(H,13,14);6-7H,1-5H2,(H,11,12)(H,13,14). The number of esters is 2. The van der Waals surface area contributed by atoms with Gasteiger partial charge in [0.05, 0.1) is 32.4 Å². The summed E-state index contributed by atoms with van der Waals surface area (Å²) in [6.07, 6.45) is 13.1. The number of imidazole rings is 1. The minimum absolute atomic E-state index is 0.00803. The van der Waals surface area contributed by atoms with E-state index in [9.17, 15) is 28.8 Å². The molecule has 17 nitrogen and oxygen atoms in total. The van der Waals surface area contributed by atoms with Crippen molar-refractivity contribution in [2.24, 2.45) is 10.7 Å². The van der Waals surface area contributed by atoms with E-state index >= 15 is 0 Å². The Morgan fingerprint density at radius 2 is 1.58 bits per heavy atom. The van der Waals surface area contributed by atoms with Gasteiger partial charge in [0.15, 0.2) is 0 Å². The van der Waals surface area contributed by atoms with E-state index < -0.39 is 23.9 Å². The van der Waals surface area contributed by atoms with Gasteiger partial charge in [-0.25, -0.2) is 4.98 Å². The lowest BCUT2D eigenvalue weighted by molar-refractivity contribution is -0.145. The van der Waals surface area contributed by atoms with Crippen LogP contribution in [0.4, 0.5) is 0 Å². The van der Waals surface area contributed by atoms with Crippen molar-refractivity contribution in [2.75, 3.05) is 19.8 Å². The molecule has 1 amide bonds. The second-order valence-electron chi connectivity index (χ2n) is 11.8. The highest BCUT2D eigenvalue weighted by atomic mass is 16.5. The minimum Gasteiger partial charge on any atom is -0.481 e. The van der Waals surface area contributed by atoms with E-state index in [0.29, 0.717) is 58.1 Å². The number of aliphatic imine (C=N–C) groups is 1. The largest absolute Gasteiger partial charge is 0.481 e. The van der Waals surface area contributed by atoms with Crippen molar-refractivity contribution in [3.05, 3.63) is 66.0 Å². The molecule has 0 saturated heterocycles. The predicted molar refractivity (Wildman–Crippen MR) is 193 cm³/mol. The summed E-state index contributed by atoms with van der Waals surface area (Å²) in [6, 6.07) is 6.94. The Morgan fingerprint density at radius 3 is 2.26 bits per heavy atom. The first-order chi connectivity index (χ1) is 25.4. The third kappa shape index (κ3) is 20.0. The number of rotatable bonds is 21. The molecule has 3 aromatic rings. The van der Waals surface area contributed by atoms with Gasteiger partial charge in [-0.1, -0.05) is 18.2 Å². The Labute approximate surface area is 306 Å². The van der Waals surface area contributed by atoms with E-state index in [4.69, 9.17) is 30.5 Å². The SMILES string of the molecule is NC(CCCNC(=O)Cc1c[nH]c2ccccc12)C(=O)O.O=C(O)CCCC(=O)OCCC1=CN=CC1.O=C(O)CCCOC(=O)CCc1cnc[nH]1. The highest BCUT2D eigenvalue weighted by Gasteiger charge is 2.12. The number of carboxylic acids is 3. The summed E-state index contributed by atoms with van der Waals surface area (Å²) in [5.41, 5.74) is 9.37. The van der Waals surface area contributed by atoms with Crippen molar-refractivity contribution in [2.45, 2.75) is 83.1 Å². The van der Waals surface area contributed by atoms with Gasteiger partial charge in [0, 0.05) is 80.1 Å². The highest BCUT2D eigenvalue weighted by Crippen LogP contribution is 2.18. The molecule has 8 N–H and O–H groups in total. The second-order valence-corrected chi connectivity index (χ2v) is 11.8. The number of aliphatic carboxylic acids is 3. The van der Waals surface area contributed by atoms with E-state index in [1.807, 2.05) is 36.7 Å². The number of para-hydroxylation sites is 1. The Kier molecular flexibility index (Phi) is 20.6. The molecular weight excluding hydrogens is 692 g/mol. The van der Waals surface area contributed by atoms with Gasteiger partial charge in [-0.15, -0.1) is 0 Å². The summed E-state index contributed by atoms with van der Waals surface area (Å²) >= 11 is 0. The van der Waals surface area contributed by atoms with Crippen molar-refractivity contribution >= 4 is 52.9 Å². The summed E-state index contributed by atoms with van der Waals surface area (Å²) < 4.78 is 9.81. The summed E-state index contributed by atoms with van der Waals surface area (Å²) in [6.45, 7) is 0.942. The normalized spacial score (nSPS) is 12.0. The molecule has 2 aromatic heterocycles. The maximum absolute atomic E-state index is 11.9. The molecule has 0 aliphatic carbocycles. The molecule has 1 aromatic carbocycles. The molecule has 0 saturated carbocycles. The monoisotopic (exact) mass is 740 g/mol. The van der Waals surface area contributed by atoms with Crippen molar-refractivity contribution < 1.29 is 53.6 Å². The summed E-state index contributed by atoms with van der Waals surface area (Å²) in [7, 11) is 0. The highest BCUT2D eigenvalue weighted by molar-refractivity contribution is 5.88. The van der Waals surface area contributed by atoms with E-state index in [0.717, 1.165) is 34.2 Å². The molecule has 53 heavy (non-hydrogen) atoms. The topological polar surface area (TPSA) is 276 Å². The first kappa shape index (κ1) is 43.3. The zero-order valence-corrected chi connectivity index (χ0v) is 29.5. The number of hydrogen-bond acceptors (Lipinski definition) is 11. The van der Waals surface area contributed by atoms with Crippen LogP contribution in [0, 0.1) is 0 Å². The number of aryl methyl sites for hydroxylation is 1. The number of fused-ring (bicyclic) bond motifs is 1. The van der Waals surface area contributed by atoms with E-state index in [-0.39, 0.29) is 50.1 Å². The lowest BCUT2D eigenvalue weighted by Gasteiger charge is -2.07. The van der Waals surface area contributed by atoms with Gasteiger partial charge in [0.2, 0.25) is 5.91 Å². The van der Waals surface area contributed by atoms with Gasteiger partial charge in [0.1, 0.15) is 6.04 Å². The first-order valence-electron chi connectivity index (χ1n) is 17.2. The Balaban J connectivity index is 0.000000279. The minimum atomic E-state index is -1.01. The van der Waals surface area contributed by atoms with Crippen LogP contribution >= 0.6 is 0 Å². The molecule has 0 spiro atoms. The van der Waals surface area contributed by atoms with Crippen LogP contribution in [0.25, 0.3) is 10.9 Å². The van der Waals surface area contributed by atoms with Crippen LogP contribution in [0.3, 0.4) is 0 Å². The summed E-state index contributed by atoms with van der Waals surface area (Å²) in [5.74, 6) is -3.51. The maximum atomic E-state index is 11.9. The molecule has 4 rings (SSSR count). The number of nitrogens with two attached hydrogens (primary N) is 1. The fraction of sp³-hybridized carbons (Fsp3) is 0.444. The smallest absolute Gasteiger partial charge is 0.320 e. The van der Waals surface area contributed by atoms with Gasteiger partial charge in [-0.05, 0) is 49.3 Å². The molecule has 0 bridgehead atoms. The number of carbonyl (C=O) groups excluding carboxylic acids is 3. The number of hydrogen-bond donors (Lipinski definition) is 7. The van der Waals surface area contributed by atoms with Crippen molar-refractivity contribution in [3.8, 4) is 0 Å². The van der Waals surface area contributed by atoms with E-state index in [1.165, 1.54) is 0 Å². The first-order valence-corrected chi connectivity index (χ1v) is 17.2. The molecule has 0 radical (unpaired) electrons. The molecule has 1 atom stereocenters. The maximum Gasteiger partial charge on any atom is 0.320 e. The molecule has 0 fully saturated rings. The fourth-order valence-electron chi connectivity index (χ4n) is 4.63. The van der Waals surface area contributed by atoms with Crippen LogP contribution in [-0.2, 0) is 51.1 Å². The number of nitrogens with zero attached hydrogens (tertiary/aromatic N) is 2. The third-order valence-electron chi connectivity index (χ3n) is 7.48. The van der Waals surface area contributed by atoms with Crippen LogP contribution in [0.15, 0.2) is 59.8 Å². The number of amides is 1. The van der Waals surface area contributed by atoms with Crippen LogP contribution in [0.5, 0.6) is 0 Å². The van der Waals surface area contributed by atoms with Crippen molar-refractivity contribution in [3.63, 3.8) is 0 Å². The van der Waals surface area contributed by atoms with Gasteiger partial charge in [-0.3, -0.25) is 33.8 Å². The fourth-order valence-corrected chi connectivity index (χ4v) is 4.63. The van der Waals surface area contributed by atoms with Gasteiger partial charge in [0.25, 0.3) is 0 Å². The molecule has 288 valence electrons. The predicted octanol–water partition coefficient (Wildman–Crippen LogP) is 3.30. The van der Waals surface area contributed by atoms with Gasteiger partial charge >= 0.3 is 29.8 Å². The molecule has 3 heterocycles. The molecular formula is C36H48N6O11. The number of carbonyl (C=O) groups is 6. The third-order valence-corrected chi connectivity index (χ3v) is 7.48. The van der Waals surface area contributed by atoms with Gasteiger partial charge in [-0.2, -0.15) is 0 Å². The average molecular weight is 741 g/mol. The van der Waals surface area contributed by atoms with Crippen LogP contribution in [0.1, 0.15) is 75.5 Å².